The van der Waals surface area contributed by atoms with Crippen molar-refractivity contribution < 1.29 is 54.9 Å². The Balaban J connectivity index is 2.09. The first-order chi connectivity index (χ1) is 17.7. The summed E-state index contributed by atoms with van der Waals surface area (Å²) in [5.74, 6) is -1.26. The molecule has 210 valence electrons. The van der Waals surface area contributed by atoms with Crippen LogP contribution in [0.5, 0.6) is 11.5 Å². The van der Waals surface area contributed by atoms with Crippen molar-refractivity contribution in [2.45, 2.75) is 62.8 Å². The van der Waals surface area contributed by atoms with Gasteiger partial charge in [0, 0.05) is 23.2 Å². The van der Waals surface area contributed by atoms with Crippen molar-refractivity contribution in [1.82, 2.24) is 10.5 Å². The molecule has 3 N–H and O–H groups in total. The van der Waals surface area contributed by atoms with Gasteiger partial charge >= 0.3 is 24.6 Å². The van der Waals surface area contributed by atoms with E-state index in [-0.39, 0.29) is 40.2 Å². The summed E-state index contributed by atoms with van der Waals surface area (Å²) < 4.78 is 116. The van der Waals surface area contributed by atoms with Crippen LogP contribution in [-0.4, -0.2) is 40.4 Å². The molecule has 1 aromatic heterocycles. The highest BCUT2D eigenvalue weighted by molar-refractivity contribution is 7.11. The molecular weight excluding hydrogens is 552 g/mol. The first-order valence-corrected chi connectivity index (χ1v) is 11.8. The summed E-state index contributed by atoms with van der Waals surface area (Å²) in [6.07, 6.45) is -6.20. The van der Waals surface area contributed by atoms with E-state index < -0.39 is 35.5 Å². The van der Waals surface area contributed by atoms with Crippen LogP contribution in [0.3, 0.4) is 0 Å². The Kier molecular flexibility index (Phi) is 8.93. The molecule has 38 heavy (non-hydrogen) atoms. The Labute approximate surface area is 215 Å². The number of alkyl halides is 8. The van der Waals surface area contributed by atoms with Crippen molar-refractivity contribution in [1.29, 1.82) is 0 Å². The van der Waals surface area contributed by atoms with E-state index in [0.717, 1.165) is 12.4 Å². The van der Waals surface area contributed by atoms with E-state index in [9.17, 15) is 40.2 Å². The summed E-state index contributed by atoms with van der Waals surface area (Å²) >= 11 is 0.0230. The molecule has 0 spiro atoms. The van der Waals surface area contributed by atoms with E-state index in [4.69, 9.17) is 9.94 Å². The molecule has 1 aliphatic carbocycles. The largest absolute Gasteiger partial charge is 0.487 e. The number of ether oxygens (including phenoxy) is 2. The molecule has 3 rings (SSSR count). The molecule has 6 nitrogen and oxygen atoms in total. The zero-order valence-electron chi connectivity index (χ0n) is 19.5. The van der Waals surface area contributed by atoms with Crippen LogP contribution < -0.4 is 15.0 Å². The Hall–Kier alpha value is -2.91. The zero-order chi connectivity index (χ0) is 28.3. The molecule has 1 aromatic carbocycles. The molecule has 1 heterocycles. The van der Waals surface area contributed by atoms with E-state index in [1.807, 2.05) is 0 Å². The molecule has 1 saturated carbocycles. The second kappa shape index (κ2) is 11.5. The van der Waals surface area contributed by atoms with Crippen molar-refractivity contribution in [3.8, 4) is 11.5 Å². The van der Waals surface area contributed by atoms with Crippen LogP contribution in [0.25, 0.3) is 0 Å². The van der Waals surface area contributed by atoms with E-state index in [0.29, 0.717) is 24.0 Å². The lowest BCUT2D eigenvalue weighted by Crippen LogP contribution is -2.53. The molecule has 0 aliphatic heterocycles. The lowest BCUT2D eigenvalue weighted by Gasteiger charge is -2.30. The fraction of sp³-hybridized carbons (Fsp3) is 0.435. The summed E-state index contributed by atoms with van der Waals surface area (Å²) in [5, 5.41) is 16.8. The van der Waals surface area contributed by atoms with E-state index in [1.165, 1.54) is 30.4 Å². The number of rotatable bonds is 11. The second-order valence-electron chi connectivity index (χ2n) is 8.43. The standard InChI is InChI=1S/C23H22F8N2O4S/c1-12(3-2-8-33-35)9-15(13-4-7-16(37-20(24)25)17(10-13)36-14-5-6-14)18-11-32-19(38-18)21(34,22(26,27)28)23(29,30)31/h2-4,7-8,10-11,14-15,20,33-35H,5-6,9H2,1H3/b8-2-,12-3+. The second-order valence-corrected chi connectivity index (χ2v) is 9.50. The van der Waals surface area contributed by atoms with Crippen molar-refractivity contribution in [3.05, 3.63) is 63.8 Å². The predicted octanol–water partition coefficient (Wildman–Crippen LogP) is 6.56. The number of aliphatic hydroxyl groups is 1. The van der Waals surface area contributed by atoms with Crippen LogP contribution in [-0.2, 0) is 5.60 Å². The Morgan fingerprint density at radius 3 is 2.37 bits per heavy atom. The van der Waals surface area contributed by atoms with Crippen LogP contribution in [0.15, 0.2) is 48.3 Å². The monoisotopic (exact) mass is 574 g/mol. The van der Waals surface area contributed by atoms with Crippen LogP contribution in [0.2, 0.25) is 0 Å². The molecule has 1 fully saturated rings. The lowest BCUT2D eigenvalue weighted by molar-refractivity contribution is -0.376. The van der Waals surface area contributed by atoms with Gasteiger partial charge in [0.05, 0.1) is 6.10 Å². The van der Waals surface area contributed by atoms with Crippen LogP contribution in [0, 0.1) is 0 Å². The molecule has 1 aliphatic rings. The predicted molar refractivity (Wildman–Crippen MR) is 119 cm³/mol. The summed E-state index contributed by atoms with van der Waals surface area (Å²) in [6.45, 7) is -1.55. The average Bonchev–Trinajstić information content (AvgIpc) is 3.48. The topological polar surface area (TPSA) is 83.8 Å². The third-order valence-corrected chi connectivity index (χ3v) is 6.70. The van der Waals surface area contributed by atoms with Crippen LogP contribution >= 0.6 is 11.3 Å². The first-order valence-electron chi connectivity index (χ1n) is 11.0. The van der Waals surface area contributed by atoms with Crippen molar-refractivity contribution >= 4 is 11.3 Å². The quantitative estimate of drug-likeness (QED) is 0.160. The molecule has 0 amide bonds. The van der Waals surface area contributed by atoms with Crippen LogP contribution in [0.1, 0.15) is 47.6 Å². The highest BCUT2D eigenvalue weighted by Gasteiger charge is 2.73. The normalized spacial score (nSPS) is 16.3. The van der Waals surface area contributed by atoms with Gasteiger partial charge in [-0.3, -0.25) is 10.7 Å². The van der Waals surface area contributed by atoms with Gasteiger partial charge in [-0.15, -0.1) is 11.3 Å². The van der Waals surface area contributed by atoms with Gasteiger partial charge in [0.25, 0.3) is 0 Å². The maximum Gasteiger partial charge on any atom is 0.433 e. The van der Waals surface area contributed by atoms with E-state index in [1.54, 1.807) is 12.4 Å². The maximum absolute atomic E-state index is 13.4. The van der Waals surface area contributed by atoms with Crippen molar-refractivity contribution in [2.75, 3.05) is 0 Å². The average molecular weight is 574 g/mol. The van der Waals surface area contributed by atoms with Crippen molar-refractivity contribution in [2.24, 2.45) is 0 Å². The first kappa shape index (κ1) is 29.6. The number of hydrogen-bond acceptors (Lipinski definition) is 7. The Bertz CT molecular complexity index is 1150. The molecule has 1 unspecified atom stereocenters. The fourth-order valence-corrected chi connectivity index (χ4v) is 4.61. The fourth-order valence-electron chi connectivity index (χ4n) is 3.44. The molecule has 0 radical (unpaired) electrons. The number of hydrogen-bond donors (Lipinski definition) is 3. The molecule has 1 atom stereocenters. The number of allylic oxidation sites excluding steroid dienone is 3. The third-order valence-electron chi connectivity index (χ3n) is 5.48. The minimum atomic E-state index is -6.10. The number of nitrogens with one attached hydrogen (secondary N) is 1. The highest BCUT2D eigenvalue weighted by atomic mass is 32.1. The summed E-state index contributed by atoms with van der Waals surface area (Å²) in [5.41, 5.74) is -2.53. The van der Waals surface area contributed by atoms with Crippen LogP contribution in [0.4, 0.5) is 35.1 Å². The highest BCUT2D eigenvalue weighted by Crippen LogP contribution is 2.52. The van der Waals surface area contributed by atoms with Gasteiger partial charge in [-0.05, 0) is 50.0 Å². The SMILES string of the molecule is C/C(=C\C=C/NO)CC(c1ccc(OC(F)F)c(OC2CC2)c1)c1cnc(C(O)(C(F)(F)F)C(F)(F)F)s1. The summed E-state index contributed by atoms with van der Waals surface area (Å²) in [6, 6.07) is 3.84. The van der Waals surface area contributed by atoms with Crippen molar-refractivity contribution in [3.63, 3.8) is 0 Å². The van der Waals surface area contributed by atoms with E-state index >= 15 is 0 Å². The number of halogens is 8. The summed E-state index contributed by atoms with van der Waals surface area (Å²) in [7, 11) is 0. The van der Waals surface area contributed by atoms with Gasteiger partial charge in [0.2, 0.25) is 0 Å². The number of hydroxylamine groups is 1. The molecular formula is C23H22F8N2O4S. The van der Waals surface area contributed by atoms with E-state index in [2.05, 4.69) is 9.72 Å². The third kappa shape index (κ3) is 6.74. The molecule has 15 heteroatoms. The summed E-state index contributed by atoms with van der Waals surface area (Å²) in [4.78, 5) is 3.22. The zero-order valence-corrected chi connectivity index (χ0v) is 20.3. The van der Waals surface area contributed by atoms with Gasteiger partial charge in [-0.2, -0.15) is 35.1 Å². The Morgan fingerprint density at radius 1 is 1.16 bits per heavy atom. The molecule has 0 bridgehead atoms. The smallest absolute Gasteiger partial charge is 0.433 e. The van der Waals surface area contributed by atoms with Gasteiger partial charge in [-0.1, -0.05) is 17.7 Å². The number of benzene rings is 1. The molecule has 0 saturated heterocycles. The molecule has 2 aromatic rings. The van der Waals surface area contributed by atoms with Gasteiger partial charge in [0.15, 0.2) is 11.5 Å². The van der Waals surface area contributed by atoms with Gasteiger partial charge in [0.1, 0.15) is 5.01 Å². The minimum absolute atomic E-state index is 0.0230. The number of thiazole rings is 1. The Morgan fingerprint density at radius 2 is 1.82 bits per heavy atom. The van der Waals surface area contributed by atoms with Gasteiger partial charge < -0.3 is 14.6 Å². The number of nitrogens with zero attached hydrogens (tertiary/aromatic N) is 1. The minimum Gasteiger partial charge on any atom is -0.487 e. The lowest BCUT2D eigenvalue weighted by atomic mass is 9.91. The van der Waals surface area contributed by atoms with Gasteiger partial charge in [-0.25, -0.2) is 4.98 Å². The maximum atomic E-state index is 13.4. The number of aromatic nitrogens is 1.